The zero-order valence-corrected chi connectivity index (χ0v) is 15.1. The Morgan fingerprint density at radius 1 is 1.39 bits per heavy atom. The molecule has 0 unspecified atom stereocenters. The van der Waals surface area contributed by atoms with Crippen LogP contribution in [0, 0.1) is 20.8 Å². The van der Waals surface area contributed by atoms with Crippen molar-refractivity contribution in [3.63, 3.8) is 0 Å². The third-order valence-corrected chi connectivity index (χ3v) is 5.86. The summed E-state index contributed by atoms with van der Waals surface area (Å²) in [5.74, 6) is 1.89. The third kappa shape index (κ3) is 3.17. The van der Waals surface area contributed by atoms with Crippen LogP contribution in [0.4, 0.5) is 0 Å². The zero-order valence-electron chi connectivity index (χ0n) is 14.3. The van der Waals surface area contributed by atoms with E-state index in [1.54, 1.807) is 11.3 Å². The van der Waals surface area contributed by atoms with Crippen molar-refractivity contribution in [2.45, 2.75) is 53.0 Å². The number of carbonyl (C=O) groups is 1. The van der Waals surface area contributed by atoms with Gasteiger partial charge in [-0.25, -0.2) is 9.67 Å². The number of rotatable bonds is 3. The maximum absolute atomic E-state index is 12.8. The molecule has 23 heavy (non-hydrogen) atoms. The summed E-state index contributed by atoms with van der Waals surface area (Å²) in [4.78, 5) is 21.4. The molecule has 3 rings (SSSR count). The topological polar surface area (TPSA) is 51.0 Å². The Kier molecular flexibility index (Phi) is 4.53. The van der Waals surface area contributed by atoms with E-state index in [1.807, 2.05) is 29.5 Å². The third-order valence-electron chi connectivity index (χ3n) is 4.49. The molecule has 1 amide bonds. The summed E-state index contributed by atoms with van der Waals surface area (Å²) >= 11 is 1.64. The Balaban J connectivity index is 1.77. The summed E-state index contributed by atoms with van der Waals surface area (Å²) in [6.07, 6.45) is 3.06. The highest BCUT2D eigenvalue weighted by Gasteiger charge is 2.28. The van der Waals surface area contributed by atoms with Gasteiger partial charge in [0.2, 0.25) is 0 Å². The summed E-state index contributed by atoms with van der Waals surface area (Å²) in [5.41, 5.74) is 1.23. The highest BCUT2D eigenvalue weighted by atomic mass is 32.1. The van der Waals surface area contributed by atoms with Crippen LogP contribution >= 0.6 is 11.3 Å². The molecule has 1 saturated heterocycles. The largest absolute Gasteiger partial charge is 0.336 e. The second-order valence-corrected chi connectivity index (χ2v) is 7.41. The molecule has 0 saturated carbocycles. The lowest BCUT2D eigenvalue weighted by atomic mass is 10.1. The number of aromatic nitrogens is 3. The Morgan fingerprint density at radius 2 is 2.17 bits per heavy atom. The second kappa shape index (κ2) is 6.43. The molecule has 1 fully saturated rings. The number of carbonyl (C=O) groups excluding carboxylic acids is 1. The number of thiophene rings is 1. The lowest BCUT2D eigenvalue weighted by Crippen LogP contribution is -2.41. The highest BCUT2D eigenvalue weighted by molar-refractivity contribution is 7.14. The minimum atomic E-state index is 0.164. The number of likely N-dealkylation sites (tertiary alicyclic amines) is 1. The molecule has 0 spiro atoms. The molecular weight excluding hydrogens is 308 g/mol. The van der Waals surface area contributed by atoms with E-state index in [1.165, 1.54) is 10.4 Å². The van der Waals surface area contributed by atoms with Crippen molar-refractivity contribution >= 4 is 17.2 Å². The molecule has 0 aromatic carbocycles. The molecule has 0 N–H and O–H groups in total. The average Bonchev–Trinajstić information content (AvgIpc) is 3.08. The minimum absolute atomic E-state index is 0.164. The molecule has 0 radical (unpaired) electrons. The van der Waals surface area contributed by atoms with Crippen LogP contribution in [0.1, 0.15) is 57.6 Å². The molecule has 0 bridgehead atoms. The minimum Gasteiger partial charge on any atom is -0.336 e. The van der Waals surface area contributed by atoms with E-state index in [-0.39, 0.29) is 11.9 Å². The van der Waals surface area contributed by atoms with Crippen LogP contribution in [-0.4, -0.2) is 38.7 Å². The van der Waals surface area contributed by atoms with Crippen molar-refractivity contribution in [2.75, 3.05) is 13.1 Å². The van der Waals surface area contributed by atoms with Gasteiger partial charge in [-0.15, -0.1) is 11.3 Å². The van der Waals surface area contributed by atoms with E-state index in [9.17, 15) is 4.79 Å². The van der Waals surface area contributed by atoms with Gasteiger partial charge in [0, 0.05) is 18.0 Å². The maximum Gasteiger partial charge on any atom is 0.264 e. The lowest BCUT2D eigenvalue weighted by Gasteiger charge is -2.32. The highest BCUT2D eigenvalue weighted by Crippen LogP contribution is 2.27. The van der Waals surface area contributed by atoms with E-state index < -0.39 is 0 Å². The molecule has 5 nitrogen and oxygen atoms in total. The fourth-order valence-corrected chi connectivity index (χ4v) is 4.43. The summed E-state index contributed by atoms with van der Waals surface area (Å²) in [6, 6.07) is 2.28. The van der Waals surface area contributed by atoms with E-state index in [4.69, 9.17) is 0 Å². The Bertz CT molecular complexity index is 718. The fraction of sp³-hybridized carbons (Fsp3) is 0.588. The van der Waals surface area contributed by atoms with Gasteiger partial charge >= 0.3 is 0 Å². The summed E-state index contributed by atoms with van der Waals surface area (Å²) in [6.45, 7) is 9.68. The van der Waals surface area contributed by atoms with Gasteiger partial charge in [0.15, 0.2) is 0 Å². The normalized spacial score (nSPS) is 18.4. The molecule has 6 heteroatoms. The van der Waals surface area contributed by atoms with Gasteiger partial charge < -0.3 is 4.90 Å². The first-order valence-corrected chi connectivity index (χ1v) is 9.09. The predicted molar refractivity (Wildman–Crippen MR) is 92.1 cm³/mol. The van der Waals surface area contributed by atoms with Gasteiger partial charge in [0.25, 0.3) is 5.91 Å². The predicted octanol–water partition coefficient (Wildman–Crippen LogP) is 3.30. The Morgan fingerprint density at radius 3 is 2.78 bits per heavy atom. The lowest BCUT2D eigenvalue weighted by molar-refractivity contribution is 0.0676. The number of nitrogens with zero attached hydrogens (tertiary/aromatic N) is 4. The van der Waals surface area contributed by atoms with E-state index in [0.29, 0.717) is 0 Å². The molecule has 3 heterocycles. The maximum atomic E-state index is 12.8. The Hall–Kier alpha value is -1.69. The molecule has 1 aliphatic heterocycles. The van der Waals surface area contributed by atoms with Crippen LogP contribution in [0.3, 0.4) is 0 Å². The van der Waals surface area contributed by atoms with Crippen molar-refractivity contribution in [1.82, 2.24) is 19.7 Å². The molecular formula is C17H24N4OS. The molecule has 124 valence electrons. The smallest absolute Gasteiger partial charge is 0.264 e. The van der Waals surface area contributed by atoms with Crippen molar-refractivity contribution < 1.29 is 4.79 Å². The van der Waals surface area contributed by atoms with Gasteiger partial charge in [-0.1, -0.05) is 6.92 Å². The van der Waals surface area contributed by atoms with Crippen molar-refractivity contribution in [3.05, 3.63) is 33.0 Å². The number of hydrogen-bond donors (Lipinski definition) is 0. The number of piperidine rings is 1. The van der Waals surface area contributed by atoms with Crippen molar-refractivity contribution in [3.8, 4) is 0 Å². The molecule has 0 aliphatic carbocycles. The fourth-order valence-electron chi connectivity index (χ4n) is 3.35. The molecule has 1 atom stereocenters. The number of amides is 1. The van der Waals surface area contributed by atoms with Crippen LogP contribution in [0.2, 0.25) is 0 Å². The number of hydrogen-bond acceptors (Lipinski definition) is 4. The second-order valence-electron chi connectivity index (χ2n) is 6.27. The molecule has 1 aliphatic rings. The molecule has 2 aromatic heterocycles. The van der Waals surface area contributed by atoms with Crippen LogP contribution in [0.25, 0.3) is 0 Å². The van der Waals surface area contributed by atoms with Gasteiger partial charge in [0.1, 0.15) is 11.6 Å². The van der Waals surface area contributed by atoms with Crippen LogP contribution in [0.15, 0.2) is 6.07 Å². The summed E-state index contributed by atoms with van der Waals surface area (Å²) < 4.78 is 1.99. The summed E-state index contributed by atoms with van der Waals surface area (Å²) in [7, 11) is 0. The Labute approximate surface area is 141 Å². The first-order valence-electron chi connectivity index (χ1n) is 8.28. The standard InChI is InChI=1S/C17H24N4OS/c1-5-15-11(2)9-16(23-15)17(22)20-8-6-7-14(10-20)21-13(4)18-12(3)19-21/h9,14H,5-8,10H2,1-4H3/t14-/m1/s1. The SMILES string of the molecule is CCc1sc(C(=O)N2CCC[C@@H](n3nc(C)nc3C)C2)cc1C. The van der Waals surface area contributed by atoms with Gasteiger partial charge in [-0.3, -0.25) is 4.79 Å². The quantitative estimate of drug-likeness (QED) is 0.866. The van der Waals surface area contributed by atoms with E-state index >= 15 is 0 Å². The zero-order chi connectivity index (χ0) is 16.6. The first-order chi connectivity index (χ1) is 11.0. The summed E-state index contributed by atoms with van der Waals surface area (Å²) in [5, 5.41) is 4.50. The van der Waals surface area contributed by atoms with Crippen LogP contribution in [0.5, 0.6) is 0 Å². The van der Waals surface area contributed by atoms with Gasteiger partial charge in [0.05, 0.1) is 10.9 Å². The average molecular weight is 332 g/mol. The van der Waals surface area contributed by atoms with Crippen molar-refractivity contribution in [2.24, 2.45) is 0 Å². The first kappa shape index (κ1) is 16.2. The van der Waals surface area contributed by atoms with Gasteiger partial charge in [-0.05, 0) is 51.7 Å². The van der Waals surface area contributed by atoms with Crippen LogP contribution < -0.4 is 0 Å². The number of aryl methyl sites for hydroxylation is 4. The van der Waals surface area contributed by atoms with Gasteiger partial charge in [-0.2, -0.15) is 5.10 Å². The van der Waals surface area contributed by atoms with Crippen LogP contribution in [-0.2, 0) is 6.42 Å². The molecule has 2 aromatic rings. The monoisotopic (exact) mass is 332 g/mol. The van der Waals surface area contributed by atoms with Crippen molar-refractivity contribution in [1.29, 1.82) is 0 Å². The van der Waals surface area contributed by atoms with E-state index in [0.717, 1.165) is 48.9 Å². The van der Waals surface area contributed by atoms with E-state index in [2.05, 4.69) is 23.9 Å².